The molecule has 3 atom stereocenters. The molecule has 1 aliphatic carbocycles. The number of para-hydroxylation sites is 1. The molecule has 1 saturated carbocycles. The number of benzene rings is 1. The van der Waals surface area contributed by atoms with Gasteiger partial charge in [0.2, 0.25) is 0 Å². The Kier molecular flexibility index (Phi) is 3.46. The first kappa shape index (κ1) is 12.9. The Labute approximate surface area is 113 Å². The number of anilines is 1. The Morgan fingerprint density at radius 2 is 2.26 bits per heavy atom. The van der Waals surface area contributed by atoms with Crippen molar-refractivity contribution < 1.29 is 14.2 Å². The maximum atomic E-state index is 14.3. The van der Waals surface area contributed by atoms with E-state index in [1.165, 1.54) is 6.07 Å². The Bertz CT molecular complexity index is 463. The van der Waals surface area contributed by atoms with E-state index in [0.717, 1.165) is 19.3 Å². The minimum absolute atomic E-state index is 0.218. The van der Waals surface area contributed by atoms with Gasteiger partial charge in [-0.25, -0.2) is 4.39 Å². The summed E-state index contributed by atoms with van der Waals surface area (Å²) in [6.07, 6.45) is 2.78. The van der Waals surface area contributed by atoms with E-state index in [1.54, 1.807) is 13.0 Å². The van der Waals surface area contributed by atoms with Gasteiger partial charge in [0.25, 0.3) is 0 Å². The Morgan fingerprint density at radius 1 is 1.42 bits per heavy atom. The average molecular weight is 265 g/mol. The van der Waals surface area contributed by atoms with Crippen molar-refractivity contribution in [3.05, 3.63) is 29.6 Å². The summed E-state index contributed by atoms with van der Waals surface area (Å²) in [5.41, 5.74) is 1.24. The van der Waals surface area contributed by atoms with Gasteiger partial charge in [0, 0.05) is 12.1 Å². The Morgan fingerprint density at radius 3 is 3.05 bits per heavy atom. The second-order valence-electron chi connectivity index (χ2n) is 5.45. The molecule has 1 aromatic carbocycles. The van der Waals surface area contributed by atoms with Crippen LogP contribution in [-0.2, 0) is 4.74 Å². The number of halogens is 1. The molecular formula is C15H20FNO2. The number of fused-ring (bicyclic) bond motifs is 1. The zero-order valence-electron chi connectivity index (χ0n) is 11.2. The molecule has 104 valence electrons. The Balaban J connectivity index is 2.00. The summed E-state index contributed by atoms with van der Waals surface area (Å²) in [5, 5.41) is 9.88. The molecule has 0 aromatic heterocycles. The third-order valence-electron chi connectivity index (χ3n) is 4.24. The van der Waals surface area contributed by atoms with Gasteiger partial charge in [-0.3, -0.25) is 0 Å². The summed E-state index contributed by atoms with van der Waals surface area (Å²) in [7, 11) is 0. The molecule has 0 spiro atoms. The molecule has 0 amide bonds. The van der Waals surface area contributed by atoms with E-state index in [9.17, 15) is 9.50 Å². The van der Waals surface area contributed by atoms with Crippen LogP contribution < -0.4 is 4.90 Å². The summed E-state index contributed by atoms with van der Waals surface area (Å²) in [5.74, 6) is -0.244. The molecule has 2 fully saturated rings. The quantitative estimate of drug-likeness (QED) is 0.892. The first-order valence-electron chi connectivity index (χ1n) is 7.03. The molecule has 3 nitrogen and oxygen atoms in total. The van der Waals surface area contributed by atoms with Crippen molar-refractivity contribution in [2.24, 2.45) is 0 Å². The first-order chi connectivity index (χ1) is 9.18. The van der Waals surface area contributed by atoms with Gasteiger partial charge < -0.3 is 14.7 Å². The summed E-state index contributed by atoms with van der Waals surface area (Å²) < 4.78 is 20.0. The van der Waals surface area contributed by atoms with Crippen LogP contribution in [0.5, 0.6) is 0 Å². The highest BCUT2D eigenvalue weighted by molar-refractivity contribution is 5.57. The average Bonchev–Trinajstić information content (AvgIpc) is 2.86. The van der Waals surface area contributed by atoms with Crippen LogP contribution in [-0.4, -0.2) is 30.4 Å². The fraction of sp³-hybridized carbons (Fsp3) is 0.600. The predicted octanol–water partition coefficient (Wildman–Crippen LogP) is 2.64. The van der Waals surface area contributed by atoms with E-state index >= 15 is 0 Å². The maximum Gasteiger partial charge on any atom is 0.146 e. The summed E-state index contributed by atoms with van der Waals surface area (Å²) in [6, 6.07) is 5.19. The molecule has 19 heavy (non-hydrogen) atoms. The van der Waals surface area contributed by atoms with E-state index in [-0.39, 0.29) is 18.0 Å². The van der Waals surface area contributed by atoms with Crippen LogP contribution >= 0.6 is 0 Å². The lowest BCUT2D eigenvalue weighted by Crippen LogP contribution is -2.49. The van der Waals surface area contributed by atoms with E-state index in [1.807, 2.05) is 6.07 Å². The number of ether oxygens (including phenoxy) is 1. The number of aliphatic hydroxyl groups is 1. The van der Waals surface area contributed by atoms with Crippen molar-refractivity contribution in [1.82, 2.24) is 0 Å². The van der Waals surface area contributed by atoms with Crippen LogP contribution in [0.2, 0.25) is 0 Å². The molecule has 3 rings (SSSR count). The molecular weight excluding hydrogens is 245 g/mol. The molecule has 1 N–H and O–H groups in total. The van der Waals surface area contributed by atoms with E-state index in [0.29, 0.717) is 24.4 Å². The van der Waals surface area contributed by atoms with Gasteiger partial charge in [0.05, 0.1) is 30.5 Å². The number of aliphatic hydroxyl groups excluding tert-OH is 1. The highest BCUT2D eigenvalue weighted by atomic mass is 19.1. The van der Waals surface area contributed by atoms with E-state index < -0.39 is 6.10 Å². The van der Waals surface area contributed by atoms with Crippen LogP contribution in [0.1, 0.15) is 37.9 Å². The highest BCUT2D eigenvalue weighted by Gasteiger charge is 2.38. The molecule has 0 radical (unpaired) electrons. The molecule has 2 aliphatic rings. The van der Waals surface area contributed by atoms with Gasteiger partial charge in [0.1, 0.15) is 5.82 Å². The summed E-state index contributed by atoms with van der Waals surface area (Å²) in [4.78, 5) is 2.11. The van der Waals surface area contributed by atoms with Gasteiger partial charge in [-0.1, -0.05) is 12.1 Å². The molecule has 2 unspecified atom stereocenters. The minimum atomic E-state index is -0.659. The summed E-state index contributed by atoms with van der Waals surface area (Å²) in [6.45, 7) is 3.02. The molecule has 1 aromatic rings. The second kappa shape index (κ2) is 5.10. The molecule has 1 saturated heterocycles. The van der Waals surface area contributed by atoms with Crippen LogP contribution in [0.25, 0.3) is 0 Å². The second-order valence-corrected chi connectivity index (χ2v) is 5.45. The molecule has 1 aliphatic heterocycles. The normalized spacial score (nSPS) is 28.3. The monoisotopic (exact) mass is 265 g/mol. The van der Waals surface area contributed by atoms with Crippen molar-refractivity contribution in [1.29, 1.82) is 0 Å². The number of hydrogen-bond donors (Lipinski definition) is 1. The van der Waals surface area contributed by atoms with Crippen molar-refractivity contribution in [2.75, 3.05) is 18.1 Å². The number of hydrogen-bond acceptors (Lipinski definition) is 3. The third kappa shape index (κ3) is 2.23. The van der Waals surface area contributed by atoms with Crippen LogP contribution in [0.4, 0.5) is 10.1 Å². The largest absolute Gasteiger partial charge is 0.389 e. The number of nitrogens with zero attached hydrogens (tertiary/aromatic N) is 1. The van der Waals surface area contributed by atoms with Gasteiger partial charge in [0.15, 0.2) is 0 Å². The fourth-order valence-electron chi connectivity index (χ4n) is 3.38. The SMILES string of the molecule is C[C@@H](O)c1cccc(F)c1N1CCOC2CCCC21. The zero-order chi connectivity index (χ0) is 13.4. The number of rotatable bonds is 2. The fourth-order valence-corrected chi connectivity index (χ4v) is 3.38. The lowest BCUT2D eigenvalue weighted by molar-refractivity contribution is 0.0251. The van der Waals surface area contributed by atoms with Crippen LogP contribution in [0.15, 0.2) is 18.2 Å². The van der Waals surface area contributed by atoms with Gasteiger partial charge in [-0.2, -0.15) is 0 Å². The van der Waals surface area contributed by atoms with Gasteiger partial charge >= 0.3 is 0 Å². The predicted molar refractivity (Wildman–Crippen MR) is 71.8 cm³/mol. The lowest BCUT2D eigenvalue weighted by atomic mass is 10.0. The van der Waals surface area contributed by atoms with Crippen molar-refractivity contribution in [3.8, 4) is 0 Å². The zero-order valence-corrected chi connectivity index (χ0v) is 11.2. The van der Waals surface area contributed by atoms with Crippen molar-refractivity contribution >= 4 is 5.69 Å². The third-order valence-corrected chi connectivity index (χ3v) is 4.24. The van der Waals surface area contributed by atoms with E-state index in [2.05, 4.69) is 4.90 Å². The lowest BCUT2D eigenvalue weighted by Gasteiger charge is -2.40. The standard InChI is InChI=1S/C15H20FNO2/c1-10(18)11-4-2-5-12(16)15(11)17-8-9-19-14-7-3-6-13(14)17/h2,4-5,10,13-14,18H,3,6-9H2,1H3/t10-,13?,14?/m1/s1. The molecule has 1 heterocycles. The first-order valence-corrected chi connectivity index (χ1v) is 7.03. The Hall–Kier alpha value is -1.13. The van der Waals surface area contributed by atoms with Crippen molar-refractivity contribution in [3.63, 3.8) is 0 Å². The highest BCUT2D eigenvalue weighted by Crippen LogP contribution is 2.37. The van der Waals surface area contributed by atoms with Gasteiger partial charge in [-0.05, 0) is 32.3 Å². The van der Waals surface area contributed by atoms with Gasteiger partial charge in [-0.15, -0.1) is 0 Å². The van der Waals surface area contributed by atoms with Crippen molar-refractivity contribution in [2.45, 2.75) is 44.4 Å². The smallest absolute Gasteiger partial charge is 0.146 e. The van der Waals surface area contributed by atoms with E-state index in [4.69, 9.17) is 4.74 Å². The molecule has 0 bridgehead atoms. The maximum absolute atomic E-state index is 14.3. The van der Waals surface area contributed by atoms with Crippen LogP contribution in [0, 0.1) is 5.82 Å². The molecule has 4 heteroatoms. The van der Waals surface area contributed by atoms with Crippen LogP contribution in [0.3, 0.4) is 0 Å². The number of morpholine rings is 1. The minimum Gasteiger partial charge on any atom is -0.389 e. The topological polar surface area (TPSA) is 32.7 Å². The summed E-state index contributed by atoms with van der Waals surface area (Å²) >= 11 is 0.